The van der Waals surface area contributed by atoms with Gasteiger partial charge in [0.05, 0.1) is 12.4 Å². The van der Waals surface area contributed by atoms with E-state index in [1.807, 2.05) is 0 Å². The lowest BCUT2D eigenvalue weighted by Crippen LogP contribution is -2.40. The molecule has 3 aromatic rings. The van der Waals surface area contributed by atoms with Gasteiger partial charge < -0.3 is 15.2 Å². The van der Waals surface area contributed by atoms with Crippen LogP contribution in [0.25, 0.3) is 11.2 Å². The number of aryl methyl sites for hydroxylation is 1. The van der Waals surface area contributed by atoms with E-state index in [2.05, 4.69) is 61.3 Å². The van der Waals surface area contributed by atoms with Crippen molar-refractivity contribution in [2.45, 2.75) is 31.7 Å². The van der Waals surface area contributed by atoms with E-state index in [4.69, 9.17) is 0 Å². The molecular formula is C20H22N6O. The van der Waals surface area contributed by atoms with Crippen molar-refractivity contribution in [3.05, 3.63) is 48.0 Å². The molecule has 1 aliphatic heterocycles. The molecular weight excluding hydrogens is 340 g/mol. The molecule has 2 N–H and O–H groups in total. The number of aromatic amines is 1. The van der Waals surface area contributed by atoms with Crippen molar-refractivity contribution in [1.29, 1.82) is 0 Å². The number of fused-ring (bicyclic) bond motifs is 1. The third kappa shape index (κ3) is 3.03. The highest BCUT2D eigenvalue weighted by atomic mass is 16.2. The van der Waals surface area contributed by atoms with Gasteiger partial charge in [0.25, 0.3) is 0 Å². The van der Waals surface area contributed by atoms with Gasteiger partial charge in [0, 0.05) is 24.9 Å². The molecule has 1 amide bonds. The number of hydrogen-bond acceptors (Lipinski definition) is 5. The second kappa shape index (κ2) is 6.33. The summed E-state index contributed by atoms with van der Waals surface area (Å²) in [5, 5.41) is 3.30. The molecule has 0 radical (unpaired) electrons. The van der Waals surface area contributed by atoms with Crippen LogP contribution in [0.4, 0.5) is 5.82 Å². The van der Waals surface area contributed by atoms with Gasteiger partial charge in [0.2, 0.25) is 5.91 Å². The zero-order valence-electron chi connectivity index (χ0n) is 15.2. The Morgan fingerprint density at radius 2 is 1.96 bits per heavy atom. The largest absolute Gasteiger partial charge is 0.352 e. The summed E-state index contributed by atoms with van der Waals surface area (Å²) in [5.41, 5.74) is 3.99. The number of carbonyl (C=O) groups excluding carboxylic acids is 1. The lowest BCUT2D eigenvalue weighted by atomic mass is 9.93. The molecule has 7 heteroatoms. The number of hydrogen-bond donors (Lipinski definition) is 2. The fraction of sp³-hybridized carbons (Fsp3) is 0.400. The van der Waals surface area contributed by atoms with Crippen LogP contribution in [0.2, 0.25) is 0 Å². The first kappa shape index (κ1) is 16.2. The number of aromatic nitrogens is 4. The Morgan fingerprint density at radius 1 is 1.15 bits per heavy atom. The highest BCUT2D eigenvalue weighted by Gasteiger charge is 2.39. The number of nitrogens with zero attached hydrogens (tertiary/aromatic N) is 4. The van der Waals surface area contributed by atoms with Crippen molar-refractivity contribution in [2.75, 3.05) is 18.0 Å². The predicted molar refractivity (Wildman–Crippen MR) is 102 cm³/mol. The maximum absolute atomic E-state index is 12.4. The zero-order chi connectivity index (χ0) is 18.4. The van der Waals surface area contributed by atoms with E-state index in [0.717, 1.165) is 37.3 Å². The van der Waals surface area contributed by atoms with Gasteiger partial charge in [-0.2, -0.15) is 0 Å². The number of amides is 1. The van der Waals surface area contributed by atoms with Crippen LogP contribution in [-0.4, -0.2) is 45.0 Å². The van der Waals surface area contributed by atoms with Crippen LogP contribution in [0.3, 0.4) is 0 Å². The van der Waals surface area contributed by atoms with Crippen molar-refractivity contribution >= 4 is 22.9 Å². The summed E-state index contributed by atoms with van der Waals surface area (Å²) in [6.45, 7) is 3.61. The molecule has 0 bridgehead atoms. The molecule has 1 aliphatic carbocycles. The van der Waals surface area contributed by atoms with Crippen LogP contribution in [0.1, 0.15) is 29.9 Å². The van der Waals surface area contributed by atoms with Crippen LogP contribution in [0, 0.1) is 12.8 Å². The lowest BCUT2D eigenvalue weighted by molar-refractivity contribution is -0.122. The van der Waals surface area contributed by atoms with E-state index in [1.54, 1.807) is 12.7 Å². The molecule has 2 aliphatic rings. The molecule has 1 saturated carbocycles. The second-order valence-corrected chi connectivity index (χ2v) is 7.61. The van der Waals surface area contributed by atoms with E-state index >= 15 is 0 Å². The Morgan fingerprint density at radius 3 is 2.74 bits per heavy atom. The van der Waals surface area contributed by atoms with Crippen LogP contribution in [0.5, 0.6) is 0 Å². The van der Waals surface area contributed by atoms with Gasteiger partial charge >= 0.3 is 0 Å². The summed E-state index contributed by atoms with van der Waals surface area (Å²) < 4.78 is 0. The van der Waals surface area contributed by atoms with E-state index < -0.39 is 0 Å². The Labute approximate surface area is 157 Å². The van der Waals surface area contributed by atoms with Crippen LogP contribution in [-0.2, 0) is 4.79 Å². The highest BCUT2D eigenvalue weighted by molar-refractivity contribution is 5.84. The summed E-state index contributed by atoms with van der Waals surface area (Å²) >= 11 is 0. The quantitative estimate of drug-likeness (QED) is 0.743. The minimum atomic E-state index is 0.0637. The maximum atomic E-state index is 12.4. The average molecular weight is 362 g/mol. The smallest absolute Gasteiger partial charge is 0.223 e. The van der Waals surface area contributed by atoms with Crippen molar-refractivity contribution in [1.82, 2.24) is 25.3 Å². The number of anilines is 1. The van der Waals surface area contributed by atoms with Crippen molar-refractivity contribution in [3.63, 3.8) is 0 Å². The number of rotatable bonds is 4. The molecule has 3 heterocycles. The lowest BCUT2D eigenvalue weighted by Gasteiger charge is -2.20. The third-order valence-corrected chi connectivity index (χ3v) is 5.60. The van der Waals surface area contributed by atoms with Gasteiger partial charge in [-0.1, -0.05) is 29.8 Å². The van der Waals surface area contributed by atoms with Gasteiger partial charge in [-0.3, -0.25) is 4.79 Å². The first-order chi connectivity index (χ1) is 13.2. The standard InChI is InChI=1S/C20H22N6O/c1-12-2-4-13(5-3-12)15-8-26(9-16(15)25-20(27)14-6-7-14)19-17-18(22-10-21-17)23-11-24-19/h2-5,10-11,14-16H,6-9H2,1H3,(H,25,27)(H,21,22,23,24). The van der Waals surface area contributed by atoms with Gasteiger partial charge in [-0.25, -0.2) is 15.0 Å². The number of H-pyrrole nitrogens is 1. The summed E-state index contributed by atoms with van der Waals surface area (Å²) in [5.74, 6) is 1.46. The number of nitrogens with one attached hydrogen (secondary N) is 2. The SMILES string of the molecule is Cc1ccc(C2CN(c3ncnc4nc[nH]c34)CC2NC(=O)C2CC2)cc1. The maximum Gasteiger partial charge on any atom is 0.223 e. The van der Waals surface area contributed by atoms with Crippen LogP contribution in [0.15, 0.2) is 36.9 Å². The Balaban J connectivity index is 1.47. The minimum absolute atomic E-state index is 0.0637. The van der Waals surface area contributed by atoms with Gasteiger partial charge in [0.1, 0.15) is 11.8 Å². The monoisotopic (exact) mass is 362 g/mol. The van der Waals surface area contributed by atoms with Crippen molar-refractivity contribution in [3.8, 4) is 0 Å². The topological polar surface area (TPSA) is 86.8 Å². The Kier molecular flexibility index (Phi) is 3.81. The first-order valence-electron chi connectivity index (χ1n) is 9.45. The van der Waals surface area contributed by atoms with Gasteiger partial charge in [0.15, 0.2) is 11.5 Å². The Hall–Kier alpha value is -2.96. The highest BCUT2D eigenvalue weighted by Crippen LogP contribution is 2.34. The Bertz CT molecular complexity index is 978. The molecule has 5 rings (SSSR count). The fourth-order valence-electron chi connectivity index (χ4n) is 3.91. The third-order valence-electron chi connectivity index (χ3n) is 5.60. The normalized spacial score (nSPS) is 22.3. The van der Waals surface area contributed by atoms with Crippen LogP contribution < -0.4 is 10.2 Å². The zero-order valence-corrected chi connectivity index (χ0v) is 15.2. The van der Waals surface area contributed by atoms with E-state index in [0.29, 0.717) is 5.65 Å². The number of carbonyl (C=O) groups is 1. The van der Waals surface area contributed by atoms with E-state index in [1.165, 1.54) is 11.1 Å². The van der Waals surface area contributed by atoms with Crippen molar-refractivity contribution in [2.24, 2.45) is 5.92 Å². The molecule has 1 aromatic carbocycles. The van der Waals surface area contributed by atoms with Crippen LogP contribution >= 0.6 is 0 Å². The molecule has 2 unspecified atom stereocenters. The molecule has 27 heavy (non-hydrogen) atoms. The fourth-order valence-corrected chi connectivity index (χ4v) is 3.91. The average Bonchev–Trinajstić information content (AvgIpc) is 3.28. The number of imidazole rings is 1. The second-order valence-electron chi connectivity index (χ2n) is 7.61. The summed E-state index contributed by atoms with van der Waals surface area (Å²) in [6.07, 6.45) is 5.22. The van der Waals surface area contributed by atoms with E-state index in [9.17, 15) is 4.79 Å². The molecule has 1 saturated heterocycles. The predicted octanol–water partition coefficient (Wildman–Crippen LogP) is 2.16. The molecule has 2 atom stereocenters. The summed E-state index contributed by atoms with van der Waals surface area (Å²) in [7, 11) is 0. The van der Waals surface area contributed by atoms with Crippen molar-refractivity contribution < 1.29 is 4.79 Å². The van der Waals surface area contributed by atoms with Gasteiger partial charge in [-0.05, 0) is 25.3 Å². The minimum Gasteiger partial charge on any atom is -0.352 e. The summed E-state index contributed by atoms with van der Waals surface area (Å²) in [4.78, 5) is 30.7. The van der Waals surface area contributed by atoms with Gasteiger partial charge in [-0.15, -0.1) is 0 Å². The molecule has 0 spiro atoms. The molecule has 2 aromatic heterocycles. The molecule has 7 nitrogen and oxygen atoms in total. The number of benzene rings is 1. The first-order valence-corrected chi connectivity index (χ1v) is 9.45. The molecule has 138 valence electrons. The molecule has 2 fully saturated rings. The summed E-state index contributed by atoms with van der Waals surface area (Å²) in [6, 6.07) is 8.68. The van der Waals surface area contributed by atoms with E-state index in [-0.39, 0.29) is 23.8 Å².